The minimum Gasteiger partial charge on any atom is -0.507 e. The van der Waals surface area contributed by atoms with Gasteiger partial charge in [0.1, 0.15) is 11.5 Å². The summed E-state index contributed by atoms with van der Waals surface area (Å²) in [5.41, 5.74) is 2.09. The van der Waals surface area contributed by atoms with Crippen molar-refractivity contribution in [3.05, 3.63) is 70.8 Å². The van der Waals surface area contributed by atoms with Gasteiger partial charge >= 0.3 is 0 Å². The molecule has 0 atom stereocenters. The summed E-state index contributed by atoms with van der Waals surface area (Å²) in [6.45, 7) is 4.34. The van der Waals surface area contributed by atoms with E-state index in [9.17, 15) is 14.7 Å². The van der Waals surface area contributed by atoms with Crippen LogP contribution in [0, 0.1) is 0 Å². The summed E-state index contributed by atoms with van der Waals surface area (Å²) in [5, 5.41) is 10.5. The lowest BCUT2D eigenvalue weighted by molar-refractivity contribution is -0.112. The van der Waals surface area contributed by atoms with E-state index in [2.05, 4.69) is 13.8 Å². The van der Waals surface area contributed by atoms with Crippen LogP contribution in [-0.4, -0.2) is 22.8 Å². The maximum absolute atomic E-state index is 12.4. The Bertz CT molecular complexity index is 918. The molecule has 0 unspecified atom stereocenters. The van der Waals surface area contributed by atoms with Crippen molar-refractivity contribution >= 4 is 17.3 Å². The third-order valence-corrected chi connectivity index (χ3v) is 5.53. The summed E-state index contributed by atoms with van der Waals surface area (Å²) < 4.78 is 6.10. The molecule has 0 spiro atoms. The van der Waals surface area contributed by atoms with E-state index in [-0.39, 0.29) is 23.0 Å². The van der Waals surface area contributed by atoms with E-state index in [0.29, 0.717) is 18.4 Å². The highest BCUT2D eigenvalue weighted by Crippen LogP contribution is 2.30. The fourth-order valence-corrected chi connectivity index (χ4v) is 3.95. The highest BCUT2D eigenvalue weighted by Gasteiger charge is 2.31. The van der Waals surface area contributed by atoms with Crippen molar-refractivity contribution in [1.29, 1.82) is 0 Å². The summed E-state index contributed by atoms with van der Waals surface area (Å²) in [6.07, 6.45) is 6.40. The number of allylic oxidation sites excluding steroid dienone is 1. The zero-order valence-corrected chi connectivity index (χ0v) is 17.8. The molecule has 1 N–H and O–H groups in total. The molecule has 2 aromatic carbocycles. The largest absolute Gasteiger partial charge is 0.507 e. The molecule has 0 fully saturated rings. The maximum atomic E-state index is 12.4. The van der Waals surface area contributed by atoms with Crippen LogP contribution in [0.1, 0.15) is 73.9 Å². The van der Waals surface area contributed by atoms with Crippen LogP contribution < -0.4 is 4.74 Å². The Hall–Kier alpha value is -2.88. The molecule has 30 heavy (non-hydrogen) atoms. The van der Waals surface area contributed by atoms with Crippen molar-refractivity contribution in [2.75, 3.05) is 0 Å². The van der Waals surface area contributed by atoms with Gasteiger partial charge in [-0.15, -0.1) is 0 Å². The van der Waals surface area contributed by atoms with Crippen LogP contribution in [0.25, 0.3) is 5.76 Å². The molecule has 4 nitrogen and oxygen atoms in total. The number of Topliss-reactive ketones (excluding diaryl/α,β-unsaturated/α-hetero) is 2. The van der Waals surface area contributed by atoms with Crippen LogP contribution in [0.15, 0.2) is 54.1 Å². The minimum atomic E-state index is -0.590. The summed E-state index contributed by atoms with van der Waals surface area (Å²) in [6, 6.07) is 14.8. The molecule has 0 aliphatic heterocycles. The molecule has 3 rings (SSSR count). The van der Waals surface area contributed by atoms with Crippen LogP contribution in [0.3, 0.4) is 0 Å². The minimum absolute atomic E-state index is 0.0585. The van der Waals surface area contributed by atoms with Gasteiger partial charge in [0.05, 0.1) is 6.10 Å². The Kier molecular flexibility index (Phi) is 7.45. The third kappa shape index (κ3) is 4.99. The van der Waals surface area contributed by atoms with E-state index in [1.54, 1.807) is 24.3 Å². The lowest BCUT2D eigenvalue weighted by Crippen LogP contribution is -2.24. The average Bonchev–Trinajstić information content (AvgIpc) is 2.76. The van der Waals surface area contributed by atoms with Gasteiger partial charge in [-0.25, -0.2) is 0 Å². The van der Waals surface area contributed by atoms with Gasteiger partial charge in [0, 0.05) is 16.7 Å². The smallest absolute Gasteiger partial charge is 0.234 e. The number of ether oxygens (including phenoxy) is 1. The third-order valence-electron chi connectivity index (χ3n) is 5.53. The number of hydrogen-bond acceptors (Lipinski definition) is 4. The van der Waals surface area contributed by atoms with E-state index in [0.717, 1.165) is 43.4 Å². The fraction of sp³-hybridized carbons (Fsp3) is 0.385. The molecule has 0 aromatic heterocycles. The fourth-order valence-electron chi connectivity index (χ4n) is 3.95. The van der Waals surface area contributed by atoms with Crippen molar-refractivity contribution < 1.29 is 19.4 Å². The van der Waals surface area contributed by atoms with E-state index >= 15 is 0 Å². The number of aryl methyl sites for hydroxylation is 1. The van der Waals surface area contributed by atoms with Crippen LogP contribution in [-0.2, 0) is 11.2 Å². The standard InChI is InChI=1S/C26H30O4/c1-3-8-19(9-4-2)30-20-16-14-18(15-17-20)10-7-13-23-24(27)21-11-5-6-12-22(21)25(28)26(23)29/h5-6,11-12,14-17,19,27H,3-4,7-10,13H2,1-2H3. The van der Waals surface area contributed by atoms with Gasteiger partial charge in [-0.2, -0.15) is 0 Å². The average molecular weight is 407 g/mol. The molecule has 1 aliphatic rings. The highest BCUT2D eigenvalue weighted by atomic mass is 16.5. The second-order valence-corrected chi connectivity index (χ2v) is 7.85. The van der Waals surface area contributed by atoms with Crippen molar-refractivity contribution in [3.8, 4) is 5.75 Å². The first-order valence-corrected chi connectivity index (χ1v) is 10.9. The summed E-state index contributed by atoms with van der Waals surface area (Å²) in [4.78, 5) is 24.7. The zero-order valence-electron chi connectivity index (χ0n) is 17.8. The Morgan fingerprint density at radius 3 is 2.10 bits per heavy atom. The molecule has 0 heterocycles. The van der Waals surface area contributed by atoms with Gasteiger partial charge in [-0.3, -0.25) is 9.59 Å². The Balaban J connectivity index is 1.60. The van der Waals surface area contributed by atoms with E-state index in [1.807, 2.05) is 24.3 Å². The molecule has 1 aliphatic carbocycles. The van der Waals surface area contributed by atoms with E-state index in [4.69, 9.17) is 4.74 Å². The molecule has 4 heteroatoms. The van der Waals surface area contributed by atoms with Crippen LogP contribution >= 0.6 is 0 Å². The Morgan fingerprint density at radius 2 is 1.47 bits per heavy atom. The van der Waals surface area contributed by atoms with Gasteiger partial charge in [-0.1, -0.05) is 63.1 Å². The quantitative estimate of drug-likeness (QED) is 0.485. The first kappa shape index (κ1) is 21.8. The predicted octanol–water partition coefficient (Wildman–Crippen LogP) is 6.09. The van der Waals surface area contributed by atoms with Crippen LogP contribution in [0.5, 0.6) is 5.75 Å². The number of carbonyl (C=O) groups is 2. The Morgan fingerprint density at radius 1 is 0.833 bits per heavy atom. The molecule has 158 valence electrons. The molecule has 2 aromatic rings. The van der Waals surface area contributed by atoms with Crippen molar-refractivity contribution in [2.24, 2.45) is 0 Å². The number of fused-ring (bicyclic) bond motifs is 1. The first-order chi connectivity index (χ1) is 14.5. The molecule has 0 bridgehead atoms. The SMILES string of the molecule is CCCC(CCC)Oc1ccc(CCCC2=C(O)c3ccccc3C(=O)C2=O)cc1. The summed E-state index contributed by atoms with van der Waals surface area (Å²) in [7, 11) is 0. The molecular formula is C26H30O4. The molecular weight excluding hydrogens is 376 g/mol. The molecule has 0 amide bonds. The molecule has 0 saturated heterocycles. The number of carbonyl (C=O) groups excluding carboxylic acids is 2. The van der Waals surface area contributed by atoms with Gasteiger partial charge in [0.15, 0.2) is 0 Å². The second kappa shape index (κ2) is 10.2. The number of aliphatic hydroxyl groups excluding tert-OH is 1. The Labute approximate surface area is 178 Å². The maximum Gasteiger partial charge on any atom is 0.234 e. The van der Waals surface area contributed by atoms with Gasteiger partial charge < -0.3 is 9.84 Å². The second-order valence-electron chi connectivity index (χ2n) is 7.85. The number of aliphatic hydroxyl groups is 1. The van der Waals surface area contributed by atoms with Crippen LogP contribution in [0.2, 0.25) is 0 Å². The lowest BCUT2D eigenvalue weighted by atomic mass is 9.86. The monoisotopic (exact) mass is 406 g/mol. The van der Waals surface area contributed by atoms with Gasteiger partial charge in [0.2, 0.25) is 11.6 Å². The normalized spacial score (nSPS) is 13.7. The van der Waals surface area contributed by atoms with Gasteiger partial charge in [-0.05, 0) is 49.8 Å². The van der Waals surface area contributed by atoms with Crippen molar-refractivity contribution in [1.82, 2.24) is 0 Å². The van der Waals surface area contributed by atoms with E-state index < -0.39 is 11.6 Å². The lowest BCUT2D eigenvalue weighted by Gasteiger charge is -2.18. The van der Waals surface area contributed by atoms with Crippen molar-refractivity contribution in [3.63, 3.8) is 0 Å². The molecule has 0 saturated carbocycles. The van der Waals surface area contributed by atoms with Crippen molar-refractivity contribution in [2.45, 2.75) is 64.9 Å². The summed E-state index contributed by atoms with van der Waals surface area (Å²) >= 11 is 0. The van der Waals surface area contributed by atoms with Gasteiger partial charge in [0.25, 0.3) is 0 Å². The predicted molar refractivity (Wildman–Crippen MR) is 119 cm³/mol. The number of ketones is 2. The highest BCUT2D eigenvalue weighted by molar-refractivity contribution is 6.52. The molecule has 0 radical (unpaired) electrons. The topological polar surface area (TPSA) is 63.6 Å². The number of rotatable bonds is 10. The summed E-state index contributed by atoms with van der Waals surface area (Å²) in [5.74, 6) is -0.297. The van der Waals surface area contributed by atoms with E-state index in [1.165, 1.54) is 0 Å². The number of hydrogen-bond donors (Lipinski definition) is 1. The van der Waals surface area contributed by atoms with Crippen LogP contribution in [0.4, 0.5) is 0 Å². The first-order valence-electron chi connectivity index (χ1n) is 10.9. The number of benzene rings is 2. The zero-order chi connectivity index (χ0) is 21.5.